The number of hydrogen-bond donors (Lipinski definition) is 0. The highest BCUT2D eigenvalue weighted by atomic mass is 35.5. The molecule has 1 aromatic carbocycles. The van der Waals surface area contributed by atoms with Crippen LogP contribution in [0, 0.1) is 11.3 Å². The van der Waals surface area contributed by atoms with Gasteiger partial charge in [0, 0.05) is 5.38 Å². The summed E-state index contributed by atoms with van der Waals surface area (Å²) < 4.78 is 5.13. The van der Waals surface area contributed by atoms with Crippen molar-refractivity contribution in [2.24, 2.45) is 11.3 Å². The molecule has 0 radical (unpaired) electrons. The zero-order valence-electron chi connectivity index (χ0n) is 10.2. The number of alkyl halides is 1. The van der Waals surface area contributed by atoms with E-state index in [0.717, 1.165) is 12.2 Å². The second-order valence-corrected chi connectivity index (χ2v) is 5.93. The predicted octanol–water partition coefficient (Wildman–Crippen LogP) is 3.89. The molecular weight excluding hydrogens is 220 g/mol. The molecule has 0 bridgehead atoms. The Bertz CT molecular complexity index is 356. The highest BCUT2D eigenvalue weighted by Crippen LogP contribution is 2.55. The smallest absolute Gasteiger partial charge is 0.118 e. The molecule has 0 aromatic heterocycles. The van der Waals surface area contributed by atoms with Gasteiger partial charge in [0.2, 0.25) is 0 Å². The summed E-state index contributed by atoms with van der Waals surface area (Å²) in [6.07, 6.45) is 2.22. The van der Waals surface area contributed by atoms with Crippen molar-refractivity contribution in [3.63, 3.8) is 0 Å². The van der Waals surface area contributed by atoms with Crippen molar-refractivity contribution in [1.82, 2.24) is 0 Å². The molecule has 0 N–H and O–H groups in total. The van der Waals surface area contributed by atoms with E-state index >= 15 is 0 Å². The maximum Gasteiger partial charge on any atom is 0.118 e. The fourth-order valence-corrected chi connectivity index (χ4v) is 2.86. The number of benzene rings is 1. The fraction of sp³-hybridized carbons (Fsp3) is 0.571. The Kier molecular flexibility index (Phi) is 3.16. The maximum atomic E-state index is 6.44. The van der Waals surface area contributed by atoms with Crippen LogP contribution in [0.5, 0.6) is 5.75 Å². The average molecular weight is 239 g/mol. The quantitative estimate of drug-likeness (QED) is 0.724. The largest absolute Gasteiger partial charge is 0.497 e. The first-order valence-corrected chi connectivity index (χ1v) is 6.23. The summed E-state index contributed by atoms with van der Waals surface area (Å²) in [5.74, 6) is 1.58. The second kappa shape index (κ2) is 4.29. The van der Waals surface area contributed by atoms with Gasteiger partial charge in [0.1, 0.15) is 5.75 Å². The standard InChI is InChI=1S/C14H19ClO/c1-14(2)9-12(14)13(15)8-10-4-6-11(16-3)7-5-10/h4-7,12-13H,8-9H2,1-3H3. The summed E-state index contributed by atoms with van der Waals surface area (Å²) in [4.78, 5) is 0. The molecule has 2 rings (SSSR count). The van der Waals surface area contributed by atoms with Crippen LogP contribution < -0.4 is 4.74 Å². The second-order valence-electron chi connectivity index (χ2n) is 5.37. The lowest BCUT2D eigenvalue weighted by molar-refractivity contribution is 0.414. The summed E-state index contributed by atoms with van der Waals surface area (Å²) >= 11 is 6.44. The average Bonchev–Trinajstić information content (AvgIpc) is 2.89. The van der Waals surface area contributed by atoms with E-state index in [4.69, 9.17) is 16.3 Å². The van der Waals surface area contributed by atoms with Gasteiger partial charge in [0.25, 0.3) is 0 Å². The third kappa shape index (κ3) is 2.52. The zero-order valence-corrected chi connectivity index (χ0v) is 10.9. The van der Waals surface area contributed by atoms with Gasteiger partial charge in [0.15, 0.2) is 0 Å². The van der Waals surface area contributed by atoms with Crippen LogP contribution in [0.3, 0.4) is 0 Å². The summed E-state index contributed by atoms with van der Waals surface area (Å²) in [6, 6.07) is 8.20. The van der Waals surface area contributed by atoms with Gasteiger partial charge in [-0.2, -0.15) is 0 Å². The molecule has 0 spiro atoms. The Morgan fingerprint density at radius 3 is 2.38 bits per heavy atom. The van der Waals surface area contributed by atoms with E-state index in [1.807, 2.05) is 12.1 Å². The number of ether oxygens (including phenoxy) is 1. The Labute approximate surface area is 103 Å². The SMILES string of the molecule is COc1ccc(CC(Cl)C2CC2(C)C)cc1. The number of rotatable bonds is 4. The van der Waals surface area contributed by atoms with Crippen molar-refractivity contribution >= 4 is 11.6 Å². The van der Waals surface area contributed by atoms with E-state index in [1.54, 1.807) is 7.11 Å². The zero-order chi connectivity index (χ0) is 11.8. The van der Waals surface area contributed by atoms with Crippen LogP contribution in [0.2, 0.25) is 0 Å². The van der Waals surface area contributed by atoms with Gasteiger partial charge in [-0.05, 0) is 41.9 Å². The summed E-state index contributed by atoms with van der Waals surface area (Å²) in [5.41, 5.74) is 1.75. The summed E-state index contributed by atoms with van der Waals surface area (Å²) in [7, 11) is 1.69. The molecule has 1 saturated carbocycles. The van der Waals surface area contributed by atoms with Crippen molar-refractivity contribution < 1.29 is 4.74 Å². The Morgan fingerprint density at radius 2 is 1.94 bits per heavy atom. The lowest BCUT2D eigenvalue weighted by Crippen LogP contribution is -2.09. The Balaban J connectivity index is 1.94. The van der Waals surface area contributed by atoms with E-state index in [2.05, 4.69) is 26.0 Å². The van der Waals surface area contributed by atoms with Gasteiger partial charge in [-0.3, -0.25) is 0 Å². The van der Waals surface area contributed by atoms with Gasteiger partial charge in [-0.1, -0.05) is 26.0 Å². The normalized spacial score (nSPS) is 23.9. The lowest BCUT2D eigenvalue weighted by atomic mass is 10.0. The molecule has 0 saturated heterocycles. The Morgan fingerprint density at radius 1 is 1.38 bits per heavy atom. The van der Waals surface area contributed by atoms with Gasteiger partial charge in [0.05, 0.1) is 7.11 Å². The minimum absolute atomic E-state index is 0.267. The summed E-state index contributed by atoms with van der Waals surface area (Å²) in [6.45, 7) is 4.59. The molecule has 88 valence electrons. The van der Waals surface area contributed by atoms with Crippen LogP contribution in [0.4, 0.5) is 0 Å². The van der Waals surface area contributed by atoms with E-state index in [1.165, 1.54) is 12.0 Å². The molecule has 2 atom stereocenters. The number of halogens is 1. The lowest BCUT2D eigenvalue weighted by Gasteiger charge is -2.11. The van der Waals surface area contributed by atoms with Gasteiger partial charge < -0.3 is 4.74 Å². The van der Waals surface area contributed by atoms with Crippen molar-refractivity contribution in [3.05, 3.63) is 29.8 Å². The van der Waals surface area contributed by atoms with Crippen molar-refractivity contribution in [2.45, 2.75) is 32.1 Å². The predicted molar refractivity (Wildman–Crippen MR) is 68.2 cm³/mol. The van der Waals surface area contributed by atoms with Gasteiger partial charge in [-0.15, -0.1) is 11.6 Å². The molecule has 2 heteroatoms. The third-order valence-electron chi connectivity index (χ3n) is 3.62. The molecule has 1 aliphatic carbocycles. The summed E-state index contributed by atoms with van der Waals surface area (Å²) in [5, 5.41) is 0.267. The molecule has 0 heterocycles. The monoisotopic (exact) mass is 238 g/mol. The number of methoxy groups -OCH3 is 1. The van der Waals surface area contributed by atoms with E-state index in [9.17, 15) is 0 Å². The van der Waals surface area contributed by atoms with Crippen molar-refractivity contribution in [3.8, 4) is 5.75 Å². The minimum Gasteiger partial charge on any atom is -0.497 e. The van der Waals surface area contributed by atoms with Crippen LogP contribution >= 0.6 is 11.6 Å². The van der Waals surface area contributed by atoms with Crippen LogP contribution in [0.1, 0.15) is 25.8 Å². The fourth-order valence-electron chi connectivity index (χ4n) is 2.25. The van der Waals surface area contributed by atoms with Crippen molar-refractivity contribution in [1.29, 1.82) is 0 Å². The first-order chi connectivity index (χ1) is 7.53. The molecule has 0 aliphatic heterocycles. The first-order valence-electron chi connectivity index (χ1n) is 5.80. The van der Waals surface area contributed by atoms with E-state index in [-0.39, 0.29) is 5.38 Å². The van der Waals surface area contributed by atoms with E-state index < -0.39 is 0 Å². The van der Waals surface area contributed by atoms with Crippen LogP contribution in [-0.2, 0) is 6.42 Å². The van der Waals surface area contributed by atoms with Crippen LogP contribution in [0.25, 0.3) is 0 Å². The maximum absolute atomic E-state index is 6.44. The van der Waals surface area contributed by atoms with Gasteiger partial charge >= 0.3 is 0 Å². The molecule has 1 aromatic rings. The van der Waals surface area contributed by atoms with Crippen molar-refractivity contribution in [2.75, 3.05) is 7.11 Å². The first kappa shape index (κ1) is 11.8. The van der Waals surface area contributed by atoms with Crippen LogP contribution in [0.15, 0.2) is 24.3 Å². The Hall–Kier alpha value is -0.690. The van der Waals surface area contributed by atoms with Crippen LogP contribution in [-0.4, -0.2) is 12.5 Å². The van der Waals surface area contributed by atoms with E-state index in [0.29, 0.717) is 11.3 Å². The third-order valence-corrected chi connectivity index (χ3v) is 4.07. The highest BCUT2D eigenvalue weighted by molar-refractivity contribution is 6.21. The molecule has 1 nitrogen and oxygen atoms in total. The highest BCUT2D eigenvalue weighted by Gasteiger charge is 2.49. The molecule has 1 aliphatic rings. The van der Waals surface area contributed by atoms with Gasteiger partial charge in [-0.25, -0.2) is 0 Å². The molecule has 16 heavy (non-hydrogen) atoms. The molecule has 2 unspecified atom stereocenters. The molecule has 1 fully saturated rings. The minimum atomic E-state index is 0.267. The topological polar surface area (TPSA) is 9.23 Å². The molecular formula is C14H19ClO. The molecule has 0 amide bonds. The number of hydrogen-bond acceptors (Lipinski definition) is 1.